The van der Waals surface area contributed by atoms with Gasteiger partial charge in [-0.2, -0.15) is 0 Å². The van der Waals surface area contributed by atoms with Crippen LogP contribution in [0.5, 0.6) is 0 Å². The van der Waals surface area contributed by atoms with Crippen LogP contribution < -0.4 is 11.5 Å². The highest BCUT2D eigenvalue weighted by Crippen LogP contribution is 2.23. The van der Waals surface area contributed by atoms with E-state index in [9.17, 15) is 0 Å². The van der Waals surface area contributed by atoms with Crippen LogP contribution in [0.25, 0.3) is 0 Å². The van der Waals surface area contributed by atoms with Gasteiger partial charge in [-0.3, -0.25) is 0 Å². The van der Waals surface area contributed by atoms with Crippen molar-refractivity contribution in [3.05, 3.63) is 28.2 Å². The lowest BCUT2D eigenvalue weighted by Crippen LogP contribution is -2.12. The fourth-order valence-corrected chi connectivity index (χ4v) is 1.35. The predicted molar refractivity (Wildman–Crippen MR) is 57.2 cm³/mol. The molecule has 0 heterocycles. The quantitative estimate of drug-likeness (QED) is 0.705. The largest absolute Gasteiger partial charge is 0.398 e. The monoisotopic (exact) mass is 244 g/mol. The molecule has 5 N–H and O–H groups in total. The molecule has 0 aromatic heterocycles. The smallest absolute Gasteiger partial charge is 0.0461 e. The summed E-state index contributed by atoms with van der Waals surface area (Å²) in [6, 6.07) is 5.45. The molecule has 0 spiro atoms. The number of hydrogen-bond acceptors (Lipinski definition) is 3. The van der Waals surface area contributed by atoms with Crippen molar-refractivity contribution in [3.63, 3.8) is 0 Å². The van der Waals surface area contributed by atoms with Gasteiger partial charge in [0, 0.05) is 22.8 Å². The van der Waals surface area contributed by atoms with Gasteiger partial charge in [0.05, 0.1) is 0 Å². The zero-order valence-electron chi connectivity index (χ0n) is 7.20. The molecule has 1 aromatic carbocycles. The van der Waals surface area contributed by atoms with Crippen LogP contribution in [-0.4, -0.2) is 11.7 Å². The third-order valence-electron chi connectivity index (χ3n) is 1.89. The van der Waals surface area contributed by atoms with E-state index in [2.05, 4.69) is 15.9 Å². The molecular weight excluding hydrogens is 232 g/mol. The molecule has 1 aromatic rings. The summed E-state index contributed by atoms with van der Waals surface area (Å²) < 4.78 is 0.868. The van der Waals surface area contributed by atoms with E-state index in [0.29, 0.717) is 12.1 Å². The van der Waals surface area contributed by atoms with Crippen molar-refractivity contribution >= 4 is 21.6 Å². The van der Waals surface area contributed by atoms with Gasteiger partial charge in [-0.25, -0.2) is 0 Å². The van der Waals surface area contributed by atoms with Crippen molar-refractivity contribution in [3.8, 4) is 0 Å². The van der Waals surface area contributed by atoms with Crippen LogP contribution in [0.1, 0.15) is 18.0 Å². The molecule has 4 heteroatoms. The van der Waals surface area contributed by atoms with E-state index in [1.807, 2.05) is 18.2 Å². The molecule has 72 valence electrons. The average Bonchev–Trinajstić information content (AvgIpc) is 2.10. The van der Waals surface area contributed by atoms with Crippen LogP contribution >= 0.6 is 15.9 Å². The standard InChI is InChI=1S/C9H13BrN2O/c10-7-2-1-6(5-9(7)12)8(11)3-4-13/h1-2,5,8,13H,3-4,11-12H2/t8-/m0/s1. The summed E-state index contributed by atoms with van der Waals surface area (Å²) in [5.41, 5.74) is 13.1. The zero-order valence-corrected chi connectivity index (χ0v) is 8.79. The minimum absolute atomic E-state index is 0.0944. The fraction of sp³-hybridized carbons (Fsp3) is 0.333. The highest BCUT2D eigenvalue weighted by Gasteiger charge is 2.06. The molecule has 0 fully saturated rings. The van der Waals surface area contributed by atoms with E-state index in [1.165, 1.54) is 0 Å². The van der Waals surface area contributed by atoms with Crippen molar-refractivity contribution in [2.24, 2.45) is 5.73 Å². The Morgan fingerprint density at radius 1 is 1.46 bits per heavy atom. The second-order valence-electron chi connectivity index (χ2n) is 2.90. The lowest BCUT2D eigenvalue weighted by Gasteiger charge is -2.11. The van der Waals surface area contributed by atoms with E-state index in [4.69, 9.17) is 16.6 Å². The van der Waals surface area contributed by atoms with Crippen LogP contribution in [-0.2, 0) is 0 Å². The van der Waals surface area contributed by atoms with Gasteiger partial charge in [-0.1, -0.05) is 6.07 Å². The number of nitrogen functional groups attached to an aromatic ring is 1. The van der Waals surface area contributed by atoms with Crippen molar-refractivity contribution in [2.75, 3.05) is 12.3 Å². The maximum Gasteiger partial charge on any atom is 0.0461 e. The second kappa shape index (κ2) is 4.60. The number of aliphatic hydroxyl groups is 1. The SMILES string of the molecule is Nc1cc([C@@H](N)CCO)ccc1Br. The summed E-state index contributed by atoms with van der Waals surface area (Å²) in [7, 11) is 0. The normalized spacial score (nSPS) is 12.8. The topological polar surface area (TPSA) is 72.3 Å². The Balaban J connectivity index is 2.84. The van der Waals surface area contributed by atoms with Gasteiger partial charge in [0.15, 0.2) is 0 Å². The summed E-state index contributed by atoms with van der Waals surface area (Å²) in [4.78, 5) is 0. The van der Waals surface area contributed by atoms with Crippen molar-refractivity contribution in [1.29, 1.82) is 0 Å². The molecular formula is C9H13BrN2O. The Hall–Kier alpha value is -0.580. The van der Waals surface area contributed by atoms with E-state index in [0.717, 1.165) is 10.0 Å². The molecule has 0 aliphatic heterocycles. The molecule has 0 saturated carbocycles. The van der Waals surface area contributed by atoms with Gasteiger partial charge in [-0.15, -0.1) is 0 Å². The highest BCUT2D eigenvalue weighted by molar-refractivity contribution is 9.10. The first-order valence-electron chi connectivity index (χ1n) is 4.06. The first-order valence-corrected chi connectivity index (χ1v) is 4.86. The van der Waals surface area contributed by atoms with Crippen LogP contribution in [0.2, 0.25) is 0 Å². The molecule has 0 unspecified atom stereocenters. The molecule has 3 nitrogen and oxygen atoms in total. The Labute approximate surface area is 85.9 Å². The number of rotatable bonds is 3. The Bertz CT molecular complexity index is 291. The first-order chi connectivity index (χ1) is 6.15. The maximum absolute atomic E-state index is 8.70. The highest BCUT2D eigenvalue weighted by atomic mass is 79.9. The molecule has 0 radical (unpaired) electrons. The maximum atomic E-state index is 8.70. The Kier molecular flexibility index (Phi) is 3.71. The number of halogens is 1. The van der Waals surface area contributed by atoms with E-state index >= 15 is 0 Å². The van der Waals surface area contributed by atoms with Crippen LogP contribution in [0.3, 0.4) is 0 Å². The molecule has 1 atom stereocenters. The summed E-state index contributed by atoms with van der Waals surface area (Å²) >= 11 is 3.30. The molecule has 0 bridgehead atoms. The minimum atomic E-state index is -0.139. The number of benzene rings is 1. The molecule has 1 rings (SSSR count). The Morgan fingerprint density at radius 3 is 2.69 bits per heavy atom. The lowest BCUT2D eigenvalue weighted by molar-refractivity contribution is 0.276. The average molecular weight is 245 g/mol. The van der Waals surface area contributed by atoms with Gasteiger partial charge in [0.1, 0.15) is 0 Å². The number of nitrogens with two attached hydrogens (primary N) is 2. The van der Waals surface area contributed by atoms with Crippen molar-refractivity contribution in [1.82, 2.24) is 0 Å². The molecule has 0 amide bonds. The van der Waals surface area contributed by atoms with Gasteiger partial charge in [-0.05, 0) is 40.0 Å². The zero-order chi connectivity index (χ0) is 9.84. The Morgan fingerprint density at radius 2 is 2.15 bits per heavy atom. The van der Waals surface area contributed by atoms with Gasteiger partial charge < -0.3 is 16.6 Å². The fourth-order valence-electron chi connectivity index (χ4n) is 1.10. The predicted octanol–water partition coefficient (Wildman–Crippen LogP) is 1.41. The van der Waals surface area contributed by atoms with Gasteiger partial charge >= 0.3 is 0 Å². The number of hydrogen-bond donors (Lipinski definition) is 3. The molecule has 0 aliphatic carbocycles. The van der Waals surface area contributed by atoms with E-state index in [1.54, 1.807) is 0 Å². The summed E-state index contributed by atoms with van der Waals surface area (Å²) in [5, 5.41) is 8.70. The molecule has 0 aliphatic rings. The van der Waals surface area contributed by atoms with E-state index in [-0.39, 0.29) is 12.6 Å². The third kappa shape index (κ3) is 2.69. The van der Waals surface area contributed by atoms with Gasteiger partial charge in [0.25, 0.3) is 0 Å². The number of aliphatic hydroxyl groups excluding tert-OH is 1. The lowest BCUT2D eigenvalue weighted by atomic mass is 10.0. The third-order valence-corrected chi connectivity index (χ3v) is 2.61. The molecule has 0 saturated heterocycles. The summed E-state index contributed by atoms with van der Waals surface area (Å²) in [6.45, 7) is 0.0944. The van der Waals surface area contributed by atoms with Gasteiger partial charge in [0.2, 0.25) is 0 Å². The number of anilines is 1. The van der Waals surface area contributed by atoms with Crippen LogP contribution in [0, 0.1) is 0 Å². The van der Waals surface area contributed by atoms with Crippen LogP contribution in [0.15, 0.2) is 22.7 Å². The van der Waals surface area contributed by atoms with Crippen molar-refractivity contribution in [2.45, 2.75) is 12.5 Å². The molecule has 13 heavy (non-hydrogen) atoms. The van der Waals surface area contributed by atoms with Crippen LogP contribution in [0.4, 0.5) is 5.69 Å². The van der Waals surface area contributed by atoms with E-state index < -0.39 is 0 Å². The summed E-state index contributed by atoms with van der Waals surface area (Å²) in [6.07, 6.45) is 0.557. The first kappa shape index (κ1) is 10.5. The summed E-state index contributed by atoms with van der Waals surface area (Å²) in [5.74, 6) is 0. The minimum Gasteiger partial charge on any atom is -0.398 e. The second-order valence-corrected chi connectivity index (χ2v) is 3.75. The van der Waals surface area contributed by atoms with Crippen molar-refractivity contribution < 1.29 is 5.11 Å².